The van der Waals surface area contributed by atoms with Crippen LogP contribution in [0.25, 0.3) is 0 Å². The van der Waals surface area contributed by atoms with E-state index in [0.717, 1.165) is 0 Å². The Morgan fingerprint density at radius 2 is 1.41 bits per heavy atom. The van der Waals surface area contributed by atoms with Gasteiger partial charge in [0.15, 0.2) is 0 Å². The molecule has 0 saturated carbocycles. The van der Waals surface area contributed by atoms with Crippen molar-refractivity contribution in [2.75, 3.05) is 18.5 Å². The summed E-state index contributed by atoms with van der Waals surface area (Å²) in [5.41, 5.74) is -4.90. The number of aliphatic hydroxyl groups excluding tert-OH is 1. The van der Waals surface area contributed by atoms with E-state index in [9.17, 15) is 19.2 Å². The zero-order valence-electron chi connectivity index (χ0n) is 9.99. The first-order valence-electron chi connectivity index (χ1n) is 5.24. The molecular formula is C11H15NO5. The van der Waals surface area contributed by atoms with Crippen LogP contribution in [0.2, 0.25) is 0 Å². The highest BCUT2D eigenvalue weighted by Gasteiger charge is 2.14. The van der Waals surface area contributed by atoms with Gasteiger partial charge in [-0.05, 0) is 6.92 Å². The van der Waals surface area contributed by atoms with E-state index in [-0.39, 0.29) is 24.4 Å². The van der Waals surface area contributed by atoms with Crippen LogP contribution in [0.3, 0.4) is 0 Å². The zero-order chi connectivity index (χ0) is 13.6. The monoisotopic (exact) mass is 241 g/mol. The van der Waals surface area contributed by atoms with E-state index in [1.54, 1.807) is 0 Å². The highest BCUT2D eigenvalue weighted by Crippen LogP contribution is 1.98. The first kappa shape index (κ1) is 15.2. The lowest BCUT2D eigenvalue weighted by molar-refractivity contribution is 0.311. The van der Waals surface area contributed by atoms with Crippen molar-refractivity contribution in [3.05, 3.63) is 46.5 Å². The number of hydrogen-bond donors (Lipinski definition) is 2. The van der Waals surface area contributed by atoms with Gasteiger partial charge in [-0.15, -0.1) is 0 Å². The number of rotatable bonds is 3. The molecule has 0 saturated heterocycles. The first-order valence-corrected chi connectivity index (χ1v) is 5.24. The summed E-state index contributed by atoms with van der Waals surface area (Å²) in [5.74, 6) is 0. The molecule has 0 aliphatic rings. The van der Waals surface area contributed by atoms with Crippen LogP contribution in [0, 0.1) is 6.92 Å². The van der Waals surface area contributed by atoms with Crippen LogP contribution >= 0.6 is 0 Å². The van der Waals surface area contributed by atoms with Gasteiger partial charge in [-0.3, -0.25) is 19.2 Å². The zero-order valence-corrected chi connectivity index (χ0v) is 9.99. The summed E-state index contributed by atoms with van der Waals surface area (Å²) in [4.78, 5) is 44.4. The van der Waals surface area contributed by atoms with Crippen molar-refractivity contribution in [3.63, 3.8) is 0 Å². The van der Waals surface area contributed by atoms with Gasteiger partial charge in [-0.1, -0.05) is 13.8 Å². The molecule has 17 heavy (non-hydrogen) atoms. The standard InChI is InChI=1S/C9H9NO5.C2H6/c1-4-5(10-2-3-11)7(13)9(15)8(14)6(4)12;1-2/h10-11H,2-3H2,1H3;1-2H3. The average molecular weight is 241 g/mol. The fourth-order valence-corrected chi connectivity index (χ4v) is 1.17. The quantitative estimate of drug-likeness (QED) is 0.641. The number of aliphatic hydroxyl groups is 1. The highest BCUT2D eigenvalue weighted by molar-refractivity contribution is 5.50. The van der Waals surface area contributed by atoms with Crippen LogP contribution in [-0.2, 0) is 0 Å². The maximum atomic E-state index is 11.3. The van der Waals surface area contributed by atoms with E-state index in [1.807, 2.05) is 13.8 Å². The van der Waals surface area contributed by atoms with Gasteiger partial charge in [0.25, 0.3) is 16.3 Å². The van der Waals surface area contributed by atoms with Crippen LogP contribution < -0.4 is 27.0 Å². The van der Waals surface area contributed by atoms with Crippen LogP contribution in [0.1, 0.15) is 19.4 Å². The van der Waals surface area contributed by atoms with Crippen molar-refractivity contribution < 1.29 is 5.11 Å². The Labute approximate surface area is 97.3 Å². The minimum absolute atomic E-state index is 0.0349. The minimum Gasteiger partial charge on any atom is -0.395 e. The molecule has 0 bridgehead atoms. The van der Waals surface area contributed by atoms with E-state index in [0.29, 0.717) is 0 Å². The molecule has 2 N–H and O–H groups in total. The second-order valence-corrected chi connectivity index (χ2v) is 2.97. The lowest BCUT2D eigenvalue weighted by Gasteiger charge is -2.03. The van der Waals surface area contributed by atoms with Crippen LogP contribution in [-0.4, -0.2) is 18.3 Å². The van der Waals surface area contributed by atoms with Crippen LogP contribution in [0.15, 0.2) is 19.2 Å². The van der Waals surface area contributed by atoms with Crippen molar-refractivity contribution in [3.8, 4) is 0 Å². The van der Waals surface area contributed by atoms with Crippen molar-refractivity contribution >= 4 is 5.69 Å². The average Bonchev–Trinajstić information content (AvgIpc) is 2.36. The summed E-state index contributed by atoms with van der Waals surface area (Å²) >= 11 is 0. The Bertz CT molecular complexity index is 569. The van der Waals surface area contributed by atoms with Crippen molar-refractivity contribution in [1.29, 1.82) is 0 Å². The van der Waals surface area contributed by atoms with Gasteiger partial charge in [0.1, 0.15) is 0 Å². The molecule has 0 amide bonds. The van der Waals surface area contributed by atoms with Gasteiger partial charge < -0.3 is 10.4 Å². The van der Waals surface area contributed by atoms with Gasteiger partial charge in [0.05, 0.1) is 12.3 Å². The molecule has 6 nitrogen and oxygen atoms in total. The molecule has 0 heterocycles. The van der Waals surface area contributed by atoms with E-state index in [4.69, 9.17) is 5.11 Å². The Balaban J connectivity index is 0.00000121. The van der Waals surface area contributed by atoms with Crippen molar-refractivity contribution in [2.45, 2.75) is 20.8 Å². The Kier molecular flexibility index (Phi) is 5.98. The number of benzene rings is 1. The van der Waals surface area contributed by atoms with Crippen molar-refractivity contribution in [1.82, 2.24) is 0 Å². The van der Waals surface area contributed by atoms with Gasteiger partial charge in [0.2, 0.25) is 5.43 Å². The maximum Gasteiger partial charge on any atom is 0.279 e. The second-order valence-electron chi connectivity index (χ2n) is 2.97. The highest BCUT2D eigenvalue weighted by atomic mass is 16.3. The predicted molar refractivity (Wildman–Crippen MR) is 65.6 cm³/mol. The Hall–Kier alpha value is -1.82. The molecule has 6 heteroatoms. The fourth-order valence-electron chi connectivity index (χ4n) is 1.17. The summed E-state index contributed by atoms with van der Waals surface area (Å²) in [6.45, 7) is 5.07. The fraction of sp³-hybridized carbons (Fsp3) is 0.455. The molecule has 0 radical (unpaired) electrons. The summed E-state index contributed by atoms with van der Waals surface area (Å²) in [6, 6.07) is 0. The minimum atomic E-state index is -1.33. The molecule has 0 aromatic heterocycles. The third-order valence-corrected chi connectivity index (χ3v) is 1.97. The molecule has 1 aromatic carbocycles. The SMILES string of the molecule is CC.Cc1c(NCCO)c(=O)c(=O)c(=O)c1=O. The van der Waals surface area contributed by atoms with E-state index < -0.39 is 21.7 Å². The molecule has 0 spiro atoms. The van der Waals surface area contributed by atoms with Gasteiger partial charge >= 0.3 is 0 Å². The molecule has 1 rings (SSSR count). The number of hydrogen-bond acceptors (Lipinski definition) is 6. The maximum absolute atomic E-state index is 11.3. The molecule has 94 valence electrons. The van der Waals surface area contributed by atoms with Gasteiger partial charge in [0, 0.05) is 12.1 Å². The summed E-state index contributed by atoms with van der Waals surface area (Å²) in [7, 11) is 0. The van der Waals surface area contributed by atoms with Crippen LogP contribution in [0.4, 0.5) is 5.69 Å². The summed E-state index contributed by atoms with van der Waals surface area (Å²) in [5, 5.41) is 11.0. The molecule has 0 aliphatic heterocycles. The van der Waals surface area contributed by atoms with E-state index in [1.165, 1.54) is 6.92 Å². The summed E-state index contributed by atoms with van der Waals surface area (Å²) in [6.07, 6.45) is 0. The van der Waals surface area contributed by atoms with Gasteiger partial charge in [-0.25, -0.2) is 0 Å². The number of nitrogens with one attached hydrogen (secondary N) is 1. The second kappa shape index (κ2) is 6.70. The first-order chi connectivity index (χ1) is 8.00. The predicted octanol–water partition coefficient (Wildman–Crippen LogP) is -1.26. The third kappa shape index (κ3) is 3.07. The van der Waals surface area contributed by atoms with Crippen LogP contribution in [0.5, 0.6) is 0 Å². The van der Waals surface area contributed by atoms with Crippen molar-refractivity contribution in [2.24, 2.45) is 0 Å². The molecular weight excluding hydrogens is 226 g/mol. The van der Waals surface area contributed by atoms with E-state index >= 15 is 0 Å². The molecule has 0 fully saturated rings. The largest absolute Gasteiger partial charge is 0.395 e. The van der Waals surface area contributed by atoms with E-state index in [2.05, 4.69) is 5.32 Å². The lowest BCUT2D eigenvalue weighted by atomic mass is 10.1. The normalized spacial score (nSPS) is 9.41. The molecule has 0 aliphatic carbocycles. The molecule has 1 aromatic rings. The molecule has 0 unspecified atom stereocenters. The topological polar surface area (TPSA) is 101 Å². The Morgan fingerprint density at radius 1 is 0.941 bits per heavy atom. The molecule has 0 atom stereocenters. The lowest BCUT2D eigenvalue weighted by Crippen LogP contribution is -2.48. The smallest absolute Gasteiger partial charge is 0.279 e. The third-order valence-electron chi connectivity index (χ3n) is 1.97. The Morgan fingerprint density at radius 3 is 1.88 bits per heavy atom. The number of anilines is 1. The summed E-state index contributed by atoms with van der Waals surface area (Å²) < 4.78 is 0. The van der Waals surface area contributed by atoms with Gasteiger partial charge in [-0.2, -0.15) is 0 Å².